The van der Waals surface area contributed by atoms with E-state index in [2.05, 4.69) is 22.9 Å². The molecule has 1 aromatic carbocycles. The molecule has 2 fully saturated rings. The summed E-state index contributed by atoms with van der Waals surface area (Å²) >= 11 is 5.87. The number of carbonyl (C=O) groups is 1. The third-order valence-electron chi connectivity index (χ3n) is 7.04. The maximum absolute atomic E-state index is 13.0. The lowest BCUT2D eigenvalue weighted by molar-refractivity contribution is 0.0101. The predicted octanol–water partition coefficient (Wildman–Crippen LogP) is 3.14. The fourth-order valence-corrected chi connectivity index (χ4v) is 5.18. The van der Waals surface area contributed by atoms with Crippen LogP contribution >= 0.6 is 11.6 Å². The Hall–Kier alpha value is -2.19. The van der Waals surface area contributed by atoms with Crippen molar-refractivity contribution in [2.24, 2.45) is 0 Å². The zero-order valence-electron chi connectivity index (χ0n) is 19.2. The number of piperidine rings is 1. The van der Waals surface area contributed by atoms with Gasteiger partial charge in [-0.05, 0) is 68.0 Å². The molecular formula is C25H32ClN3O4. The molecule has 3 heterocycles. The van der Waals surface area contributed by atoms with Gasteiger partial charge >= 0.3 is 0 Å². The maximum Gasteiger partial charge on any atom is 0.255 e. The molecule has 2 aromatic rings. The van der Waals surface area contributed by atoms with Crippen LogP contribution in [0, 0.1) is 13.8 Å². The van der Waals surface area contributed by atoms with E-state index < -0.39 is 6.10 Å². The molecule has 7 nitrogen and oxygen atoms in total. The number of carbonyl (C=O) groups excluding carboxylic acids is 1. The predicted molar refractivity (Wildman–Crippen MR) is 127 cm³/mol. The molecule has 0 saturated carbocycles. The number of aliphatic hydroxyl groups excluding tert-OH is 2. The standard InChI is InChI=1S/C25H32ClN3O4/c1-16-17(2)23(33-20(14-30)15-31)8-7-21(16)22-5-3-4-19-13-28(10-11-29(19)22)25(32)18-6-9-24(26)27-12-18/h6-9,12,19-20,22,30-31H,3-5,10-11,13-15H2,1-2H3/t19-,22+/m0/s1. The second-order valence-corrected chi connectivity index (χ2v) is 9.35. The van der Waals surface area contributed by atoms with E-state index in [-0.39, 0.29) is 19.1 Å². The third kappa shape index (κ3) is 5.01. The molecule has 4 rings (SSSR count). The van der Waals surface area contributed by atoms with Crippen LogP contribution in [0.2, 0.25) is 5.15 Å². The number of ether oxygens (including phenoxy) is 1. The van der Waals surface area contributed by atoms with Crippen LogP contribution in [-0.4, -0.2) is 75.9 Å². The number of hydrogen-bond donors (Lipinski definition) is 2. The van der Waals surface area contributed by atoms with Crippen LogP contribution in [0.1, 0.15) is 52.4 Å². The fourth-order valence-electron chi connectivity index (χ4n) is 5.07. The Labute approximate surface area is 199 Å². The van der Waals surface area contributed by atoms with E-state index in [9.17, 15) is 15.0 Å². The van der Waals surface area contributed by atoms with Crippen LogP contribution < -0.4 is 4.74 Å². The summed E-state index contributed by atoms with van der Waals surface area (Å²) in [5, 5.41) is 19.1. The number of benzene rings is 1. The molecule has 8 heteroatoms. The van der Waals surface area contributed by atoms with Crippen molar-refractivity contribution in [1.82, 2.24) is 14.8 Å². The smallest absolute Gasteiger partial charge is 0.255 e. The molecular weight excluding hydrogens is 442 g/mol. The SMILES string of the molecule is Cc1c(OC(CO)CO)ccc([C@H]2CCC[C@H]3CN(C(=O)c4ccc(Cl)nc4)CCN32)c1C. The first kappa shape index (κ1) is 24.0. The van der Waals surface area contributed by atoms with Crippen molar-refractivity contribution >= 4 is 17.5 Å². The first-order chi connectivity index (χ1) is 15.9. The second kappa shape index (κ2) is 10.4. The number of nitrogens with zero attached hydrogens (tertiary/aromatic N) is 3. The van der Waals surface area contributed by atoms with Gasteiger partial charge in [0.1, 0.15) is 17.0 Å². The van der Waals surface area contributed by atoms with E-state index in [1.165, 1.54) is 11.1 Å². The molecule has 2 N–H and O–H groups in total. The second-order valence-electron chi connectivity index (χ2n) is 8.97. The average Bonchev–Trinajstić information content (AvgIpc) is 2.84. The van der Waals surface area contributed by atoms with Crippen LogP contribution in [0.4, 0.5) is 0 Å². The minimum Gasteiger partial charge on any atom is -0.485 e. The summed E-state index contributed by atoms with van der Waals surface area (Å²) in [6.45, 7) is 5.91. The lowest BCUT2D eigenvalue weighted by Gasteiger charge is -2.48. The molecule has 0 aliphatic carbocycles. The number of halogens is 1. The van der Waals surface area contributed by atoms with Gasteiger partial charge < -0.3 is 19.8 Å². The van der Waals surface area contributed by atoms with Gasteiger partial charge in [-0.25, -0.2) is 4.98 Å². The van der Waals surface area contributed by atoms with Gasteiger partial charge in [0.15, 0.2) is 0 Å². The van der Waals surface area contributed by atoms with Gasteiger partial charge in [-0.15, -0.1) is 0 Å². The zero-order chi connectivity index (χ0) is 23.5. The molecule has 2 saturated heterocycles. The van der Waals surface area contributed by atoms with Gasteiger partial charge in [0.05, 0.1) is 18.8 Å². The number of piperazine rings is 1. The number of fused-ring (bicyclic) bond motifs is 1. The van der Waals surface area contributed by atoms with Crippen LogP contribution in [0.3, 0.4) is 0 Å². The Morgan fingerprint density at radius 1 is 1.15 bits per heavy atom. The van der Waals surface area contributed by atoms with Crippen molar-refractivity contribution in [2.75, 3.05) is 32.8 Å². The fraction of sp³-hybridized carbons (Fsp3) is 0.520. The van der Waals surface area contributed by atoms with Crippen molar-refractivity contribution in [3.63, 3.8) is 0 Å². The highest BCUT2D eigenvalue weighted by Crippen LogP contribution is 2.39. The van der Waals surface area contributed by atoms with Crippen molar-refractivity contribution < 1.29 is 19.7 Å². The van der Waals surface area contributed by atoms with E-state index in [1.54, 1.807) is 18.3 Å². The number of rotatable bonds is 6. The first-order valence-electron chi connectivity index (χ1n) is 11.6. The molecule has 1 aromatic heterocycles. The van der Waals surface area contributed by atoms with E-state index >= 15 is 0 Å². The lowest BCUT2D eigenvalue weighted by Crippen LogP contribution is -2.57. The maximum atomic E-state index is 13.0. The zero-order valence-corrected chi connectivity index (χ0v) is 20.0. The van der Waals surface area contributed by atoms with E-state index in [1.807, 2.05) is 17.9 Å². The number of aliphatic hydroxyl groups is 2. The number of hydrogen-bond acceptors (Lipinski definition) is 6. The Bertz CT molecular complexity index is 980. The Balaban J connectivity index is 1.49. The minimum absolute atomic E-state index is 0.0109. The van der Waals surface area contributed by atoms with Crippen LogP contribution in [-0.2, 0) is 0 Å². The van der Waals surface area contributed by atoms with E-state index in [4.69, 9.17) is 16.3 Å². The van der Waals surface area contributed by atoms with Crippen molar-refractivity contribution in [2.45, 2.75) is 51.3 Å². The van der Waals surface area contributed by atoms with Crippen LogP contribution in [0.25, 0.3) is 0 Å². The van der Waals surface area contributed by atoms with Gasteiger partial charge in [-0.3, -0.25) is 9.69 Å². The van der Waals surface area contributed by atoms with Gasteiger partial charge in [-0.1, -0.05) is 17.7 Å². The third-order valence-corrected chi connectivity index (χ3v) is 7.27. The van der Waals surface area contributed by atoms with Gasteiger partial charge in [-0.2, -0.15) is 0 Å². The van der Waals surface area contributed by atoms with Crippen molar-refractivity contribution in [1.29, 1.82) is 0 Å². The quantitative estimate of drug-likeness (QED) is 0.627. The van der Waals surface area contributed by atoms with Gasteiger partial charge in [0.25, 0.3) is 5.91 Å². The summed E-state index contributed by atoms with van der Waals surface area (Å²) in [5.41, 5.74) is 4.08. The number of amides is 1. The molecule has 178 valence electrons. The Morgan fingerprint density at radius 3 is 2.64 bits per heavy atom. The molecule has 33 heavy (non-hydrogen) atoms. The summed E-state index contributed by atoms with van der Waals surface area (Å²) in [7, 11) is 0. The normalized spacial score (nSPS) is 21.2. The highest BCUT2D eigenvalue weighted by atomic mass is 35.5. The summed E-state index contributed by atoms with van der Waals surface area (Å²) in [6, 6.07) is 8.09. The monoisotopic (exact) mass is 473 g/mol. The topological polar surface area (TPSA) is 86.1 Å². The average molecular weight is 474 g/mol. The molecule has 1 amide bonds. The molecule has 2 atom stereocenters. The Morgan fingerprint density at radius 2 is 1.94 bits per heavy atom. The highest BCUT2D eigenvalue weighted by molar-refractivity contribution is 6.29. The summed E-state index contributed by atoms with van der Waals surface area (Å²) in [5.74, 6) is 0.709. The molecule has 0 unspecified atom stereocenters. The number of pyridine rings is 1. The molecule has 0 spiro atoms. The van der Waals surface area contributed by atoms with Gasteiger partial charge in [0.2, 0.25) is 0 Å². The van der Waals surface area contributed by atoms with Crippen molar-refractivity contribution in [3.8, 4) is 5.75 Å². The molecule has 2 aliphatic heterocycles. The largest absolute Gasteiger partial charge is 0.485 e. The first-order valence-corrected chi connectivity index (χ1v) is 12.0. The molecule has 0 bridgehead atoms. The Kier molecular flexibility index (Phi) is 7.54. The van der Waals surface area contributed by atoms with Crippen LogP contribution in [0.5, 0.6) is 5.75 Å². The number of aromatic nitrogens is 1. The van der Waals surface area contributed by atoms with E-state index in [0.29, 0.717) is 41.6 Å². The molecule has 0 radical (unpaired) electrons. The molecule has 2 aliphatic rings. The lowest BCUT2D eigenvalue weighted by atomic mass is 9.86. The van der Waals surface area contributed by atoms with Gasteiger partial charge in [0, 0.05) is 37.9 Å². The van der Waals surface area contributed by atoms with E-state index in [0.717, 1.165) is 31.4 Å². The summed E-state index contributed by atoms with van der Waals surface area (Å²) in [6.07, 6.45) is 4.21. The highest BCUT2D eigenvalue weighted by Gasteiger charge is 2.37. The minimum atomic E-state index is -0.616. The summed E-state index contributed by atoms with van der Waals surface area (Å²) in [4.78, 5) is 21.5. The summed E-state index contributed by atoms with van der Waals surface area (Å²) < 4.78 is 5.79. The van der Waals surface area contributed by atoms with Crippen molar-refractivity contribution in [3.05, 3.63) is 57.9 Å². The van der Waals surface area contributed by atoms with Crippen LogP contribution in [0.15, 0.2) is 30.5 Å².